The number of carbonyl (C=O) groups is 2. The van der Waals surface area contributed by atoms with Gasteiger partial charge in [-0.05, 0) is 45.4 Å². The smallest absolute Gasteiger partial charge is 0.407 e. The number of hydrogen-bond acceptors (Lipinski definition) is 5. The van der Waals surface area contributed by atoms with Crippen molar-refractivity contribution in [1.82, 2.24) is 14.5 Å². The second-order valence-corrected chi connectivity index (χ2v) is 9.83. The zero-order chi connectivity index (χ0) is 22.5. The van der Waals surface area contributed by atoms with Crippen LogP contribution in [0.3, 0.4) is 0 Å². The molecule has 0 unspecified atom stereocenters. The monoisotopic (exact) mass is 447 g/mol. The van der Waals surface area contributed by atoms with E-state index in [1.165, 1.54) is 0 Å². The van der Waals surface area contributed by atoms with E-state index in [2.05, 4.69) is 5.32 Å². The summed E-state index contributed by atoms with van der Waals surface area (Å²) in [6, 6.07) is 2.44. The average Bonchev–Trinajstić information content (AvgIpc) is 2.66. The molecule has 2 amide bonds. The van der Waals surface area contributed by atoms with Crippen molar-refractivity contribution >= 4 is 22.0 Å². The molecule has 30 heavy (non-hydrogen) atoms. The summed E-state index contributed by atoms with van der Waals surface area (Å²) in [4.78, 5) is 25.1. The predicted molar refractivity (Wildman–Crippen MR) is 105 cm³/mol. The van der Waals surface area contributed by atoms with Gasteiger partial charge in [-0.1, -0.05) is 0 Å². The summed E-state index contributed by atoms with van der Waals surface area (Å²) in [7, 11) is -3.97. The van der Waals surface area contributed by atoms with Gasteiger partial charge in [0.25, 0.3) is 0 Å². The molecule has 0 aliphatic carbocycles. The fraction of sp³-hybridized carbons (Fsp3) is 0.579. The number of nitrogens with zero attached hydrogens (tertiary/aromatic N) is 2. The van der Waals surface area contributed by atoms with Crippen molar-refractivity contribution in [2.24, 2.45) is 0 Å². The van der Waals surface area contributed by atoms with E-state index in [0.717, 1.165) is 16.4 Å². The Morgan fingerprint density at radius 1 is 1.10 bits per heavy atom. The molecule has 1 aromatic carbocycles. The lowest BCUT2D eigenvalue weighted by atomic mass is 10.2. The quantitative estimate of drug-likeness (QED) is 0.674. The van der Waals surface area contributed by atoms with E-state index < -0.39 is 33.4 Å². The zero-order valence-corrected chi connectivity index (χ0v) is 18.1. The maximum Gasteiger partial charge on any atom is 0.407 e. The Bertz CT molecular complexity index is 879. The Kier molecular flexibility index (Phi) is 7.75. The number of sulfonamides is 1. The van der Waals surface area contributed by atoms with Gasteiger partial charge in [-0.25, -0.2) is 22.0 Å². The number of alkyl carbamates (subject to hydrolysis) is 1. The number of nitrogens with one attached hydrogen (secondary N) is 1. The van der Waals surface area contributed by atoms with Crippen LogP contribution in [0, 0.1) is 11.6 Å². The summed E-state index contributed by atoms with van der Waals surface area (Å²) in [5, 5.41) is 2.57. The van der Waals surface area contributed by atoms with Crippen LogP contribution in [-0.4, -0.2) is 67.9 Å². The van der Waals surface area contributed by atoms with Gasteiger partial charge in [-0.2, -0.15) is 4.31 Å². The fourth-order valence-electron chi connectivity index (χ4n) is 2.87. The number of amides is 2. The molecular formula is C19H27F2N3O5S. The topological polar surface area (TPSA) is 96.0 Å². The van der Waals surface area contributed by atoms with Crippen LogP contribution in [0.15, 0.2) is 23.1 Å². The van der Waals surface area contributed by atoms with E-state index >= 15 is 0 Å². The average molecular weight is 448 g/mol. The lowest BCUT2D eigenvalue weighted by molar-refractivity contribution is -0.132. The minimum atomic E-state index is -3.97. The van der Waals surface area contributed by atoms with Gasteiger partial charge in [0.15, 0.2) is 11.6 Å². The molecule has 1 aromatic rings. The van der Waals surface area contributed by atoms with E-state index in [1.54, 1.807) is 25.7 Å². The largest absolute Gasteiger partial charge is 0.444 e. The van der Waals surface area contributed by atoms with Gasteiger partial charge in [0.05, 0.1) is 4.90 Å². The highest BCUT2D eigenvalue weighted by Gasteiger charge is 2.30. The van der Waals surface area contributed by atoms with Crippen molar-refractivity contribution in [3.8, 4) is 0 Å². The second-order valence-electron chi connectivity index (χ2n) is 7.89. The van der Waals surface area contributed by atoms with Crippen molar-refractivity contribution in [2.45, 2.75) is 44.1 Å². The number of benzene rings is 1. The molecule has 1 N–H and O–H groups in total. The van der Waals surface area contributed by atoms with Crippen LogP contribution in [0.25, 0.3) is 0 Å². The molecule has 1 heterocycles. The minimum Gasteiger partial charge on any atom is -0.444 e. The van der Waals surface area contributed by atoms with Crippen molar-refractivity contribution in [3.63, 3.8) is 0 Å². The van der Waals surface area contributed by atoms with Crippen LogP contribution in [0.2, 0.25) is 0 Å². The third-order valence-corrected chi connectivity index (χ3v) is 6.25. The number of carbonyl (C=O) groups excluding carboxylic acids is 2. The summed E-state index contributed by atoms with van der Waals surface area (Å²) >= 11 is 0. The minimum absolute atomic E-state index is 0.0588. The normalized spacial score (nSPS) is 15.7. The van der Waals surface area contributed by atoms with E-state index in [0.29, 0.717) is 12.5 Å². The third kappa shape index (κ3) is 6.63. The first-order valence-corrected chi connectivity index (χ1v) is 11.0. The molecule has 1 saturated heterocycles. The molecule has 1 aliphatic rings. The highest BCUT2D eigenvalue weighted by molar-refractivity contribution is 7.89. The fourth-order valence-corrected chi connectivity index (χ4v) is 4.30. The number of ether oxygens (including phenoxy) is 1. The molecular weight excluding hydrogens is 420 g/mol. The summed E-state index contributed by atoms with van der Waals surface area (Å²) < 4.78 is 57.8. The van der Waals surface area contributed by atoms with Crippen LogP contribution in [0.5, 0.6) is 0 Å². The molecule has 0 spiro atoms. The standard InChI is InChI=1S/C19H27F2N3O5S/c1-19(2,3)29-18(26)22-8-4-5-17(25)23-9-11-24(12-10-23)30(27,28)14-6-7-15(20)16(21)13-14/h6-7,13H,4-5,8-12H2,1-3H3,(H,22,26). The maximum atomic E-state index is 13.4. The second kappa shape index (κ2) is 9.69. The molecule has 0 radical (unpaired) electrons. The lowest BCUT2D eigenvalue weighted by Crippen LogP contribution is -2.50. The molecule has 11 heteroatoms. The predicted octanol–water partition coefficient (Wildman–Crippen LogP) is 2.10. The van der Waals surface area contributed by atoms with Crippen LogP contribution in [0.4, 0.5) is 13.6 Å². The van der Waals surface area contributed by atoms with Crippen molar-refractivity contribution in [3.05, 3.63) is 29.8 Å². The summed E-state index contributed by atoms with van der Waals surface area (Å²) in [5.41, 5.74) is -0.598. The van der Waals surface area contributed by atoms with Crippen LogP contribution < -0.4 is 5.32 Å². The first kappa shape index (κ1) is 24.0. The third-order valence-electron chi connectivity index (χ3n) is 4.36. The molecule has 168 valence electrons. The van der Waals surface area contributed by atoms with Gasteiger partial charge >= 0.3 is 6.09 Å². The van der Waals surface area contributed by atoms with Gasteiger partial charge in [-0.15, -0.1) is 0 Å². The molecule has 8 nitrogen and oxygen atoms in total. The van der Waals surface area contributed by atoms with Gasteiger partial charge in [-0.3, -0.25) is 4.79 Å². The van der Waals surface area contributed by atoms with E-state index in [1.807, 2.05) is 0 Å². The number of rotatable bonds is 6. The molecule has 0 atom stereocenters. The Morgan fingerprint density at radius 2 is 1.73 bits per heavy atom. The van der Waals surface area contributed by atoms with Crippen LogP contribution in [0.1, 0.15) is 33.6 Å². The van der Waals surface area contributed by atoms with Crippen molar-refractivity contribution < 1.29 is 31.5 Å². The molecule has 0 saturated carbocycles. The lowest BCUT2D eigenvalue weighted by Gasteiger charge is -2.34. The number of piperazine rings is 1. The van der Waals surface area contributed by atoms with Gasteiger partial charge in [0, 0.05) is 39.1 Å². The van der Waals surface area contributed by atoms with Gasteiger partial charge in [0.2, 0.25) is 15.9 Å². The molecule has 1 fully saturated rings. The molecule has 2 rings (SSSR count). The summed E-state index contributed by atoms with van der Waals surface area (Å²) in [6.07, 6.45) is 0.0722. The number of halogens is 2. The van der Waals surface area contributed by atoms with Crippen molar-refractivity contribution in [2.75, 3.05) is 32.7 Å². The Hall–Kier alpha value is -2.27. The summed E-state index contributed by atoms with van der Waals surface area (Å²) in [5.74, 6) is -2.50. The highest BCUT2D eigenvalue weighted by Crippen LogP contribution is 2.20. The van der Waals surface area contributed by atoms with E-state index in [4.69, 9.17) is 4.74 Å². The Balaban J connectivity index is 1.78. The van der Waals surface area contributed by atoms with Crippen molar-refractivity contribution in [1.29, 1.82) is 0 Å². The molecule has 1 aliphatic heterocycles. The first-order valence-electron chi connectivity index (χ1n) is 9.60. The number of hydrogen-bond donors (Lipinski definition) is 1. The van der Waals surface area contributed by atoms with Gasteiger partial charge < -0.3 is 15.0 Å². The molecule has 0 aromatic heterocycles. The maximum absolute atomic E-state index is 13.4. The van der Waals surface area contributed by atoms with Crippen LogP contribution in [-0.2, 0) is 19.6 Å². The summed E-state index contributed by atoms with van der Waals surface area (Å²) in [6.45, 7) is 6.05. The molecule has 0 bridgehead atoms. The van der Waals surface area contributed by atoms with E-state index in [-0.39, 0.29) is 49.9 Å². The van der Waals surface area contributed by atoms with Gasteiger partial charge in [0.1, 0.15) is 5.60 Å². The zero-order valence-electron chi connectivity index (χ0n) is 17.3. The first-order chi connectivity index (χ1) is 13.9. The van der Waals surface area contributed by atoms with E-state index in [9.17, 15) is 26.8 Å². The highest BCUT2D eigenvalue weighted by atomic mass is 32.2. The van der Waals surface area contributed by atoms with Crippen LogP contribution >= 0.6 is 0 Å². The SMILES string of the molecule is CC(C)(C)OC(=O)NCCCC(=O)N1CCN(S(=O)(=O)c2ccc(F)c(F)c2)CC1. The Labute approximate surface area is 175 Å². The Morgan fingerprint density at radius 3 is 2.30 bits per heavy atom.